The van der Waals surface area contributed by atoms with Crippen LogP contribution in [-0.4, -0.2) is 56.1 Å². The van der Waals surface area contributed by atoms with Crippen molar-refractivity contribution in [1.29, 1.82) is 0 Å². The fourth-order valence-electron chi connectivity index (χ4n) is 3.84. The van der Waals surface area contributed by atoms with Crippen LogP contribution in [0.3, 0.4) is 0 Å². The van der Waals surface area contributed by atoms with Crippen LogP contribution in [0.5, 0.6) is 5.75 Å². The molecule has 33 heavy (non-hydrogen) atoms. The van der Waals surface area contributed by atoms with Crippen LogP contribution < -0.4 is 15.4 Å². The summed E-state index contributed by atoms with van der Waals surface area (Å²) < 4.78 is 5.86. The highest BCUT2D eigenvalue weighted by molar-refractivity contribution is 14.0. The molecule has 0 radical (unpaired) electrons. The van der Waals surface area contributed by atoms with Gasteiger partial charge in [0.2, 0.25) is 5.91 Å². The van der Waals surface area contributed by atoms with Crippen LogP contribution in [0.1, 0.15) is 30.9 Å². The minimum absolute atomic E-state index is 0. The second kappa shape index (κ2) is 14.8. The third kappa shape index (κ3) is 9.23. The summed E-state index contributed by atoms with van der Waals surface area (Å²) in [5, 5.41) is 6.67. The molecule has 1 aliphatic heterocycles. The second-order valence-electron chi connectivity index (χ2n) is 8.26. The molecule has 0 bridgehead atoms. The number of carbonyl (C=O) groups excluding carboxylic acids is 1. The molecule has 1 amide bonds. The first-order valence-electron chi connectivity index (χ1n) is 11.7. The van der Waals surface area contributed by atoms with E-state index in [0.29, 0.717) is 19.6 Å². The normalized spacial score (nSPS) is 15.8. The summed E-state index contributed by atoms with van der Waals surface area (Å²) in [7, 11) is 0. The average molecular weight is 565 g/mol. The van der Waals surface area contributed by atoms with E-state index in [-0.39, 0.29) is 35.8 Å². The summed E-state index contributed by atoms with van der Waals surface area (Å²) in [6.07, 6.45) is 2.37. The van der Waals surface area contributed by atoms with E-state index in [9.17, 15) is 4.79 Å². The minimum Gasteiger partial charge on any atom is -0.493 e. The molecule has 1 fully saturated rings. The van der Waals surface area contributed by atoms with E-state index in [0.717, 1.165) is 56.3 Å². The van der Waals surface area contributed by atoms with Crippen LogP contribution in [0, 0.1) is 12.8 Å². The minimum atomic E-state index is 0. The molecule has 1 saturated heterocycles. The van der Waals surface area contributed by atoms with Crippen LogP contribution in [-0.2, 0) is 11.2 Å². The maximum absolute atomic E-state index is 12.4. The lowest BCUT2D eigenvalue weighted by Crippen LogP contribution is -2.38. The molecule has 1 heterocycles. The molecule has 2 aromatic rings. The number of rotatable bonds is 11. The van der Waals surface area contributed by atoms with Crippen molar-refractivity contribution in [3.63, 3.8) is 0 Å². The molecule has 2 N–H and O–H groups in total. The number of nitrogens with zero attached hydrogens (tertiary/aromatic N) is 2. The molecule has 0 saturated carbocycles. The average Bonchev–Trinajstić information content (AvgIpc) is 3.17. The maximum atomic E-state index is 12.4. The third-order valence-electron chi connectivity index (χ3n) is 5.62. The Morgan fingerprint density at radius 1 is 1.12 bits per heavy atom. The van der Waals surface area contributed by atoms with Crippen LogP contribution >= 0.6 is 24.0 Å². The lowest BCUT2D eigenvalue weighted by Gasteiger charge is -2.16. The van der Waals surface area contributed by atoms with Crippen molar-refractivity contribution >= 4 is 35.8 Å². The number of halogens is 1. The Morgan fingerprint density at radius 3 is 2.64 bits per heavy atom. The third-order valence-corrected chi connectivity index (χ3v) is 5.62. The summed E-state index contributed by atoms with van der Waals surface area (Å²) in [5.74, 6) is 2.26. The molecule has 1 unspecified atom stereocenters. The number of hydrogen-bond acceptors (Lipinski definition) is 3. The van der Waals surface area contributed by atoms with E-state index < -0.39 is 0 Å². The topological polar surface area (TPSA) is 66.0 Å². The Balaban J connectivity index is 0.00000385. The first-order valence-corrected chi connectivity index (χ1v) is 11.7. The lowest BCUT2D eigenvalue weighted by molar-refractivity contribution is -0.127. The van der Waals surface area contributed by atoms with Gasteiger partial charge in [-0.15, -0.1) is 24.0 Å². The number of aliphatic imine (C=N–C) groups is 1. The molecule has 7 heteroatoms. The van der Waals surface area contributed by atoms with Gasteiger partial charge in [0, 0.05) is 45.1 Å². The zero-order valence-corrected chi connectivity index (χ0v) is 22.1. The van der Waals surface area contributed by atoms with Crippen LogP contribution in [0.4, 0.5) is 0 Å². The van der Waals surface area contributed by atoms with Gasteiger partial charge in [0.15, 0.2) is 5.96 Å². The Hall–Kier alpha value is -2.29. The van der Waals surface area contributed by atoms with Crippen molar-refractivity contribution in [3.8, 4) is 5.75 Å². The highest BCUT2D eigenvalue weighted by Crippen LogP contribution is 2.19. The number of carbonyl (C=O) groups is 1. The van der Waals surface area contributed by atoms with E-state index in [4.69, 9.17) is 9.73 Å². The molecular weight excluding hydrogens is 527 g/mol. The monoisotopic (exact) mass is 564 g/mol. The number of aryl methyl sites for hydroxylation is 1. The second-order valence-corrected chi connectivity index (χ2v) is 8.26. The van der Waals surface area contributed by atoms with Crippen LogP contribution in [0.2, 0.25) is 0 Å². The highest BCUT2D eigenvalue weighted by Gasteiger charge is 2.28. The molecular formula is C26H37IN4O2. The first-order chi connectivity index (χ1) is 15.7. The zero-order valence-electron chi connectivity index (χ0n) is 19.8. The number of para-hydroxylation sites is 1. The van der Waals surface area contributed by atoms with Gasteiger partial charge in [0.1, 0.15) is 5.75 Å². The number of guanidine groups is 1. The summed E-state index contributed by atoms with van der Waals surface area (Å²) in [6.45, 7) is 8.58. The van der Waals surface area contributed by atoms with Crippen molar-refractivity contribution in [2.45, 2.75) is 33.1 Å². The van der Waals surface area contributed by atoms with Crippen molar-refractivity contribution in [2.75, 3.05) is 39.3 Å². The fourth-order valence-corrected chi connectivity index (χ4v) is 3.84. The van der Waals surface area contributed by atoms with Gasteiger partial charge in [-0.25, -0.2) is 0 Å². The van der Waals surface area contributed by atoms with E-state index in [1.807, 2.05) is 41.3 Å². The van der Waals surface area contributed by atoms with Gasteiger partial charge in [-0.2, -0.15) is 0 Å². The van der Waals surface area contributed by atoms with E-state index in [2.05, 4.69) is 42.7 Å². The summed E-state index contributed by atoms with van der Waals surface area (Å²) >= 11 is 0. The number of amides is 1. The largest absolute Gasteiger partial charge is 0.493 e. The summed E-state index contributed by atoms with van der Waals surface area (Å²) in [4.78, 5) is 19.1. The van der Waals surface area contributed by atoms with Crippen LogP contribution in [0.25, 0.3) is 0 Å². The molecule has 180 valence electrons. The Kier molecular flexibility index (Phi) is 12.1. The summed E-state index contributed by atoms with van der Waals surface area (Å²) in [5.41, 5.74) is 2.42. The molecule has 0 spiro atoms. The van der Waals surface area contributed by atoms with Gasteiger partial charge in [-0.05, 0) is 43.9 Å². The lowest BCUT2D eigenvalue weighted by atomic mass is 10.1. The van der Waals surface area contributed by atoms with Gasteiger partial charge in [-0.3, -0.25) is 9.79 Å². The van der Waals surface area contributed by atoms with E-state index in [1.165, 1.54) is 5.56 Å². The molecule has 3 rings (SSSR count). The van der Waals surface area contributed by atoms with Crippen molar-refractivity contribution < 1.29 is 9.53 Å². The van der Waals surface area contributed by atoms with Crippen molar-refractivity contribution in [2.24, 2.45) is 10.9 Å². The quantitative estimate of drug-likeness (QED) is 0.187. The molecule has 6 nitrogen and oxygen atoms in total. The van der Waals surface area contributed by atoms with Gasteiger partial charge >= 0.3 is 0 Å². The van der Waals surface area contributed by atoms with Gasteiger partial charge in [0.05, 0.1) is 6.61 Å². The van der Waals surface area contributed by atoms with Crippen LogP contribution in [0.15, 0.2) is 59.6 Å². The molecule has 1 atom stereocenters. The van der Waals surface area contributed by atoms with Gasteiger partial charge in [-0.1, -0.05) is 48.5 Å². The Bertz CT molecular complexity index is 876. The standard InChI is InChI=1S/C26H36N4O2.HI/c1-3-27-26(28-15-9-17-32-24-13-8-7-10-21(24)2)29-19-23-18-25(31)30(20-23)16-14-22-11-5-4-6-12-22;/h4-8,10-13,23H,3,9,14-20H2,1-2H3,(H2,27,28,29);1H. The number of benzene rings is 2. The van der Waals surface area contributed by atoms with E-state index in [1.54, 1.807) is 0 Å². The predicted molar refractivity (Wildman–Crippen MR) is 146 cm³/mol. The molecule has 2 aromatic carbocycles. The SMILES string of the molecule is CCNC(=NCC1CC(=O)N(CCc2ccccc2)C1)NCCCOc1ccccc1C.I. The zero-order chi connectivity index (χ0) is 22.6. The fraction of sp³-hybridized carbons (Fsp3) is 0.462. The van der Waals surface area contributed by atoms with E-state index >= 15 is 0 Å². The number of likely N-dealkylation sites (tertiary alicyclic amines) is 1. The highest BCUT2D eigenvalue weighted by atomic mass is 127. The molecule has 1 aliphatic rings. The first kappa shape index (κ1) is 27.0. The molecule has 0 aromatic heterocycles. The van der Waals surface area contributed by atoms with Gasteiger partial charge in [0.25, 0.3) is 0 Å². The smallest absolute Gasteiger partial charge is 0.223 e. The van der Waals surface area contributed by atoms with Crippen molar-refractivity contribution in [1.82, 2.24) is 15.5 Å². The predicted octanol–water partition coefficient (Wildman–Crippen LogP) is 4.03. The number of hydrogen-bond donors (Lipinski definition) is 2. The molecule has 0 aliphatic carbocycles. The van der Waals surface area contributed by atoms with Crippen molar-refractivity contribution in [3.05, 3.63) is 65.7 Å². The van der Waals surface area contributed by atoms with Gasteiger partial charge < -0.3 is 20.3 Å². The number of ether oxygens (including phenoxy) is 1. The Labute approximate surface area is 215 Å². The summed E-state index contributed by atoms with van der Waals surface area (Å²) in [6, 6.07) is 18.4. The maximum Gasteiger partial charge on any atom is 0.223 e. The number of nitrogens with one attached hydrogen (secondary N) is 2. The Morgan fingerprint density at radius 2 is 1.88 bits per heavy atom.